The van der Waals surface area contributed by atoms with Gasteiger partial charge in [0.2, 0.25) is 5.91 Å². The number of hydrogen-bond acceptors (Lipinski definition) is 4. The fourth-order valence-corrected chi connectivity index (χ4v) is 1.34. The molecule has 3 N–H and O–H groups in total. The van der Waals surface area contributed by atoms with Gasteiger partial charge >= 0.3 is 0 Å². The molecule has 0 bridgehead atoms. The number of aliphatic hydroxyl groups is 2. The molecular formula is C7H14N2O3. The first-order chi connectivity index (χ1) is 5.79. The van der Waals surface area contributed by atoms with Crippen LogP contribution in [0.5, 0.6) is 0 Å². The van der Waals surface area contributed by atoms with Crippen molar-refractivity contribution in [3.8, 4) is 0 Å². The molecule has 0 saturated carbocycles. The van der Waals surface area contributed by atoms with Crippen LogP contribution in [0.15, 0.2) is 0 Å². The third kappa shape index (κ3) is 1.94. The van der Waals surface area contributed by atoms with Gasteiger partial charge in [-0.25, -0.2) is 0 Å². The first kappa shape index (κ1) is 9.44. The van der Waals surface area contributed by atoms with Crippen molar-refractivity contribution >= 4 is 5.91 Å². The van der Waals surface area contributed by atoms with E-state index in [1.807, 2.05) is 0 Å². The van der Waals surface area contributed by atoms with Gasteiger partial charge in [-0.1, -0.05) is 0 Å². The highest BCUT2D eigenvalue weighted by Crippen LogP contribution is 2.02. The van der Waals surface area contributed by atoms with Crippen LogP contribution in [0, 0.1) is 0 Å². The second-order valence-electron chi connectivity index (χ2n) is 2.78. The molecular weight excluding hydrogens is 160 g/mol. The molecule has 0 radical (unpaired) electrons. The molecule has 0 spiro atoms. The lowest BCUT2D eigenvalue weighted by molar-refractivity contribution is -0.136. The zero-order valence-electron chi connectivity index (χ0n) is 6.86. The summed E-state index contributed by atoms with van der Waals surface area (Å²) < 4.78 is 0. The molecule has 0 aromatic heterocycles. The van der Waals surface area contributed by atoms with Crippen molar-refractivity contribution in [2.75, 3.05) is 32.8 Å². The highest BCUT2D eigenvalue weighted by Gasteiger charge is 2.26. The van der Waals surface area contributed by atoms with Crippen LogP contribution in [0.25, 0.3) is 0 Å². The molecule has 1 aliphatic rings. The number of carbonyl (C=O) groups excluding carboxylic acids is 1. The summed E-state index contributed by atoms with van der Waals surface area (Å²) in [5, 5.41) is 20.4. The van der Waals surface area contributed by atoms with Crippen molar-refractivity contribution < 1.29 is 15.0 Å². The number of nitrogens with one attached hydrogen (secondary N) is 1. The van der Waals surface area contributed by atoms with E-state index in [9.17, 15) is 4.79 Å². The van der Waals surface area contributed by atoms with Gasteiger partial charge in [-0.2, -0.15) is 0 Å². The summed E-state index contributed by atoms with van der Waals surface area (Å²) in [6.45, 7) is 1.10. The van der Waals surface area contributed by atoms with Crippen LogP contribution < -0.4 is 5.32 Å². The van der Waals surface area contributed by atoms with Crippen molar-refractivity contribution in [2.24, 2.45) is 0 Å². The van der Waals surface area contributed by atoms with Crippen LogP contribution in [0.4, 0.5) is 0 Å². The predicted molar refractivity (Wildman–Crippen MR) is 42.5 cm³/mol. The first-order valence-corrected chi connectivity index (χ1v) is 4.01. The largest absolute Gasteiger partial charge is 0.395 e. The molecule has 1 fully saturated rings. The molecule has 5 heteroatoms. The van der Waals surface area contributed by atoms with E-state index in [1.165, 1.54) is 4.90 Å². The normalized spacial score (nSPS) is 24.7. The van der Waals surface area contributed by atoms with Crippen molar-refractivity contribution in [1.82, 2.24) is 10.2 Å². The van der Waals surface area contributed by atoms with E-state index >= 15 is 0 Å². The van der Waals surface area contributed by atoms with Crippen LogP contribution in [0.1, 0.15) is 0 Å². The van der Waals surface area contributed by atoms with Gasteiger partial charge in [-0.05, 0) is 0 Å². The maximum atomic E-state index is 11.2. The molecule has 0 aromatic rings. The van der Waals surface area contributed by atoms with E-state index in [4.69, 9.17) is 10.2 Å². The molecule has 0 aliphatic carbocycles. The summed E-state index contributed by atoms with van der Waals surface area (Å²) in [4.78, 5) is 12.7. The van der Waals surface area contributed by atoms with Gasteiger partial charge in [-0.3, -0.25) is 4.79 Å². The van der Waals surface area contributed by atoms with Gasteiger partial charge in [0.15, 0.2) is 0 Å². The van der Waals surface area contributed by atoms with Gasteiger partial charge in [-0.15, -0.1) is 0 Å². The van der Waals surface area contributed by atoms with Crippen molar-refractivity contribution in [1.29, 1.82) is 0 Å². The van der Waals surface area contributed by atoms with E-state index in [1.54, 1.807) is 0 Å². The number of hydrogen-bond donors (Lipinski definition) is 3. The molecule has 70 valence electrons. The Morgan fingerprint density at radius 3 is 2.92 bits per heavy atom. The summed E-state index contributed by atoms with van der Waals surface area (Å²) in [5.41, 5.74) is 0. The highest BCUT2D eigenvalue weighted by molar-refractivity contribution is 5.79. The maximum absolute atomic E-state index is 11.2. The minimum Gasteiger partial charge on any atom is -0.395 e. The smallest absolute Gasteiger partial charge is 0.236 e. The second kappa shape index (κ2) is 4.39. The monoisotopic (exact) mass is 174 g/mol. The van der Waals surface area contributed by atoms with Crippen LogP contribution in [0.3, 0.4) is 0 Å². The molecule has 1 rings (SSSR count). The van der Waals surface area contributed by atoms with Crippen LogP contribution in [-0.2, 0) is 4.79 Å². The molecule has 0 aromatic carbocycles. The third-order valence-electron chi connectivity index (χ3n) is 1.97. The molecule has 1 unspecified atom stereocenters. The summed E-state index contributed by atoms with van der Waals surface area (Å²) in [6.07, 6.45) is 0. The zero-order valence-corrected chi connectivity index (χ0v) is 6.86. The van der Waals surface area contributed by atoms with Gasteiger partial charge in [0.05, 0.1) is 25.8 Å². The fraction of sp³-hybridized carbons (Fsp3) is 0.857. The van der Waals surface area contributed by atoms with E-state index in [0.29, 0.717) is 19.6 Å². The van der Waals surface area contributed by atoms with E-state index in [0.717, 1.165) is 0 Å². The number of β-amino-alcohol motifs (C(OH)–C–C–N with tert-alkyl or cyclic N) is 1. The minimum absolute atomic E-state index is 0.0533. The van der Waals surface area contributed by atoms with E-state index in [-0.39, 0.29) is 25.2 Å². The lowest BCUT2D eigenvalue weighted by atomic mass is 10.2. The molecule has 1 atom stereocenters. The number of carbonyl (C=O) groups is 1. The first-order valence-electron chi connectivity index (χ1n) is 4.01. The Hall–Kier alpha value is -0.650. The van der Waals surface area contributed by atoms with E-state index in [2.05, 4.69) is 5.32 Å². The Morgan fingerprint density at radius 1 is 1.58 bits per heavy atom. The quantitative estimate of drug-likeness (QED) is 0.453. The van der Waals surface area contributed by atoms with Crippen LogP contribution in [-0.4, -0.2) is 59.9 Å². The highest BCUT2D eigenvalue weighted by atomic mass is 16.3. The molecule has 1 saturated heterocycles. The SMILES string of the molecule is O=C1CNCC(CO)N1CCO. The van der Waals surface area contributed by atoms with Gasteiger partial charge in [0, 0.05) is 13.1 Å². The lowest BCUT2D eigenvalue weighted by Crippen LogP contribution is -2.56. The fourth-order valence-electron chi connectivity index (χ4n) is 1.34. The number of nitrogens with zero attached hydrogens (tertiary/aromatic N) is 1. The van der Waals surface area contributed by atoms with E-state index < -0.39 is 0 Å². The number of amides is 1. The topological polar surface area (TPSA) is 72.8 Å². The second-order valence-corrected chi connectivity index (χ2v) is 2.78. The average molecular weight is 174 g/mol. The van der Waals surface area contributed by atoms with Crippen molar-refractivity contribution in [2.45, 2.75) is 6.04 Å². The molecule has 5 nitrogen and oxygen atoms in total. The average Bonchev–Trinajstić information content (AvgIpc) is 2.09. The maximum Gasteiger partial charge on any atom is 0.236 e. The number of rotatable bonds is 3. The van der Waals surface area contributed by atoms with Gasteiger partial charge in [0.25, 0.3) is 0 Å². The van der Waals surface area contributed by atoms with Gasteiger partial charge < -0.3 is 20.4 Å². The number of piperazine rings is 1. The standard InChI is InChI=1S/C7H14N2O3/c10-2-1-9-6(5-11)3-8-4-7(9)12/h6,8,10-11H,1-5H2. The van der Waals surface area contributed by atoms with Crippen molar-refractivity contribution in [3.05, 3.63) is 0 Å². The number of aliphatic hydroxyl groups excluding tert-OH is 2. The Labute approximate surface area is 71.0 Å². The predicted octanol–water partition coefficient (Wildman–Crippen LogP) is -2.23. The molecule has 1 amide bonds. The molecule has 1 aliphatic heterocycles. The Balaban J connectivity index is 2.53. The summed E-state index contributed by atoms with van der Waals surface area (Å²) in [7, 11) is 0. The van der Waals surface area contributed by atoms with Crippen molar-refractivity contribution in [3.63, 3.8) is 0 Å². The summed E-state index contributed by atoms with van der Waals surface area (Å²) in [5.74, 6) is -0.0608. The Kier molecular flexibility index (Phi) is 3.46. The Bertz CT molecular complexity index is 163. The zero-order chi connectivity index (χ0) is 8.97. The van der Waals surface area contributed by atoms with Crippen LogP contribution >= 0.6 is 0 Å². The summed E-state index contributed by atoms with van der Waals surface area (Å²) in [6, 6.07) is -0.182. The molecule has 12 heavy (non-hydrogen) atoms. The van der Waals surface area contributed by atoms with Crippen LogP contribution in [0.2, 0.25) is 0 Å². The molecule has 1 heterocycles. The third-order valence-corrected chi connectivity index (χ3v) is 1.97. The summed E-state index contributed by atoms with van der Waals surface area (Å²) >= 11 is 0. The minimum atomic E-state index is -0.182. The Morgan fingerprint density at radius 2 is 2.33 bits per heavy atom. The lowest BCUT2D eigenvalue weighted by Gasteiger charge is -2.34. The van der Waals surface area contributed by atoms with Gasteiger partial charge in [0.1, 0.15) is 0 Å².